The Morgan fingerprint density at radius 2 is 2.10 bits per heavy atom. The number of hydrogen-bond acceptors (Lipinski definition) is 2. The van der Waals surface area contributed by atoms with Gasteiger partial charge < -0.3 is 10.2 Å². The molecular formula is C15H19FN2O2. The predicted molar refractivity (Wildman–Crippen MR) is 73.3 cm³/mol. The molecule has 0 spiro atoms. The van der Waals surface area contributed by atoms with Gasteiger partial charge >= 0.3 is 0 Å². The zero-order chi connectivity index (χ0) is 14.7. The van der Waals surface area contributed by atoms with Gasteiger partial charge in [0.15, 0.2) is 0 Å². The first kappa shape index (κ1) is 14.5. The van der Waals surface area contributed by atoms with E-state index in [0.29, 0.717) is 13.1 Å². The van der Waals surface area contributed by atoms with Gasteiger partial charge in [0.05, 0.1) is 12.0 Å². The average molecular weight is 278 g/mol. The van der Waals surface area contributed by atoms with Crippen molar-refractivity contribution < 1.29 is 14.0 Å². The molecule has 0 bridgehead atoms. The van der Waals surface area contributed by atoms with Crippen LogP contribution in [0.5, 0.6) is 0 Å². The topological polar surface area (TPSA) is 49.4 Å². The number of rotatable bonds is 4. The Hall–Kier alpha value is -1.91. The minimum absolute atomic E-state index is 0.0253. The van der Waals surface area contributed by atoms with Gasteiger partial charge in [-0.1, -0.05) is 12.1 Å². The van der Waals surface area contributed by atoms with Crippen LogP contribution in [0.1, 0.15) is 31.9 Å². The molecule has 0 aliphatic carbocycles. The normalized spacial score (nSPS) is 19.6. The van der Waals surface area contributed by atoms with Crippen LogP contribution in [-0.4, -0.2) is 29.8 Å². The smallest absolute Gasteiger partial charge is 0.228 e. The third kappa shape index (κ3) is 2.98. The first-order valence-electron chi connectivity index (χ1n) is 6.85. The fourth-order valence-corrected chi connectivity index (χ4v) is 2.56. The minimum atomic E-state index is -0.291. The summed E-state index contributed by atoms with van der Waals surface area (Å²) in [6.45, 7) is 4.79. The summed E-state index contributed by atoms with van der Waals surface area (Å²) in [6.07, 6.45) is 0.255. The van der Waals surface area contributed by atoms with Crippen molar-refractivity contribution >= 4 is 11.8 Å². The number of carbonyl (C=O) groups excluding carboxylic acids is 2. The van der Waals surface area contributed by atoms with Crippen molar-refractivity contribution in [3.63, 3.8) is 0 Å². The van der Waals surface area contributed by atoms with Crippen molar-refractivity contribution in [2.45, 2.75) is 26.3 Å². The Balaban J connectivity index is 2.12. The van der Waals surface area contributed by atoms with Crippen molar-refractivity contribution in [1.29, 1.82) is 0 Å². The zero-order valence-corrected chi connectivity index (χ0v) is 11.7. The molecule has 1 fully saturated rings. The maximum absolute atomic E-state index is 13.0. The SMILES string of the molecule is CCN(C(=O)C1CNC(=O)C1)C(C)c1ccc(F)cc1. The first-order chi connectivity index (χ1) is 9.52. The van der Waals surface area contributed by atoms with Crippen molar-refractivity contribution in [2.75, 3.05) is 13.1 Å². The lowest BCUT2D eigenvalue weighted by Crippen LogP contribution is -2.38. The summed E-state index contributed by atoms with van der Waals surface area (Å²) < 4.78 is 13.0. The number of halogens is 1. The molecule has 5 heteroatoms. The summed E-state index contributed by atoms with van der Waals surface area (Å²) >= 11 is 0. The highest BCUT2D eigenvalue weighted by Gasteiger charge is 2.32. The molecular weight excluding hydrogens is 259 g/mol. The Bertz CT molecular complexity index is 501. The molecule has 1 aromatic carbocycles. The summed E-state index contributed by atoms with van der Waals surface area (Å²) in [4.78, 5) is 25.4. The number of nitrogens with zero attached hydrogens (tertiary/aromatic N) is 1. The zero-order valence-electron chi connectivity index (χ0n) is 11.7. The van der Waals surface area contributed by atoms with Crippen LogP contribution in [0, 0.1) is 11.7 Å². The lowest BCUT2D eigenvalue weighted by atomic mass is 10.0. The molecule has 2 atom stereocenters. The first-order valence-corrected chi connectivity index (χ1v) is 6.85. The lowest BCUT2D eigenvalue weighted by molar-refractivity contribution is -0.137. The Morgan fingerprint density at radius 3 is 2.60 bits per heavy atom. The highest BCUT2D eigenvalue weighted by molar-refractivity contribution is 5.89. The van der Waals surface area contributed by atoms with E-state index in [1.807, 2.05) is 13.8 Å². The maximum Gasteiger partial charge on any atom is 0.228 e. The van der Waals surface area contributed by atoms with Crippen LogP contribution in [0.15, 0.2) is 24.3 Å². The van der Waals surface area contributed by atoms with Crippen LogP contribution in [-0.2, 0) is 9.59 Å². The van der Waals surface area contributed by atoms with Crippen molar-refractivity contribution in [2.24, 2.45) is 5.92 Å². The molecule has 0 saturated carbocycles. The van der Waals surface area contributed by atoms with E-state index in [9.17, 15) is 14.0 Å². The van der Waals surface area contributed by atoms with Gasteiger partial charge in [-0.2, -0.15) is 0 Å². The van der Waals surface area contributed by atoms with Crippen molar-refractivity contribution in [1.82, 2.24) is 10.2 Å². The van der Waals surface area contributed by atoms with Crippen LogP contribution < -0.4 is 5.32 Å². The van der Waals surface area contributed by atoms with Crippen molar-refractivity contribution in [3.8, 4) is 0 Å². The monoisotopic (exact) mass is 278 g/mol. The molecule has 2 rings (SSSR count). The molecule has 108 valence electrons. The number of hydrogen-bond donors (Lipinski definition) is 1. The number of nitrogens with one attached hydrogen (secondary N) is 1. The molecule has 2 unspecified atom stereocenters. The predicted octanol–water partition coefficient (Wildman–Crippen LogP) is 1.87. The molecule has 1 heterocycles. The van der Waals surface area contributed by atoms with Crippen molar-refractivity contribution in [3.05, 3.63) is 35.6 Å². The van der Waals surface area contributed by atoms with E-state index in [0.717, 1.165) is 5.56 Å². The molecule has 1 aromatic rings. The van der Waals surface area contributed by atoms with Gasteiger partial charge in [-0.25, -0.2) is 4.39 Å². The maximum atomic E-state index is 13.0. The van der Waals surface area contributed by atoms with E-state index >= 15 is 0 Å². The largest absolute Gasteiger partial charge is 0.355 e. The molecule has 1 N–H and O–H groups in total. The van der Waals surface area contributed by atoms with E-state index in [-0.39, 0.29) is 36.0 Å². The van der Waals surface area contributed by atoms with Gasteiger partial charge in [-0.05, 0) is 31.5 Å². The van der Waals surface area contributed by atoms with E-state index < -0.39 is 0 Å². The molecule has 0 aromatic heterocycles. The average Bonchev–Trinajstić information content (AvgIpc) is 2.86. The Morgan fingerprint density at radius 1 is 1.45 bits per heavy atom. The lowest BCUT2D eigenvalue weighted by Gasteiger charge is -2.30. The van der Waals surface area contributed by atoms with Crippen LogP contribution in [0.25, 0.3) is 0 Å². The third-order valence-corrected chi connectivity index (χ3v) is 3.77. The van der Waals surface area contributed by atoms with Gasteiger partial charge in [-0.3, -0.25) is 9.59 Å². The molecule has 0 radical (unpaired) electrons. The highest BCUT2D eigenvalue weighted by atomic mass is 19.1. The Kier molecular flexibility index (Phi) is 4.37. The summed E-state index contributed by atoms with van der Waals surface area (Å²) in [5.74, 6) is -0.678. The molecule has 20 heavy (non-hydrogen) atoms. The summed E-state index contributed by atoms with van der Waals surface area (Å²) in [7, 11) is 0. The van der Waals surface area contributed by atoms with E-state index in [1.165, 1.54) is 12.1 Å². The molecule has 1 aliphatic heterocycles. The van der Waals surface area contributed by atoms with E-state index in [1.54, 1.807) is 17.0 Å². The van der Waals surface area contributed by atoms with Gasteiger partial charge in [0.1, 0.15) is 5.82 Å². The van der Waals surface area contributed by atoms with Gasteiger partial charge in [-0.15, -0.1) is 0 Å². The van der Waals surface area contributed by atoms with Crippen LogP contribution >= 0.6 is 0 Å². The summed E-state index contributed by atoms with van der Waals surface area (Å²) in [5.41, 5.74) is 0.888. The highest BCUT2D eigenvalue weighted by Crippen LogP contribution is 2.24. The molecule has 1 aliphatic rings. The molecule has 2 amide bonds. The van der Waals surface area contributed by atoms with E-state index in [4.69, 9.17) is 0 Å². The van der Waals surface area contributed by atoms with Crippen LogP contribution in [0.4, 0.5) is 4.39 Å². The molecule has 1 saturated heterocycles. The number of benzene rings is 1. The second-order valence-electron chi connectivity index (χ2n) is 5.06. The fourth-order valence-electron chi connectivity index (χ4n) is 2.56. The minimum Gasteiger partial charge on any atom is -0.355 e. The standard InChI is InChI=1S/C15H19FN2O2/c1-3-18(15(20)12-8-14(19)17-9-12)10(2)11-4-6-13(16)7-5-11/h4-7,10,12H,3,8-9H2,1-2H3,(H,17,19). The van der Waals surface area contributed by atoms with E-state index in [2.05, 4.69) is 5.32 Å². The van der Waals surface area contributed by atoms with Gasteiger partial charge in [0.25, 0.3) is 0 Å². The summed E-state index contributed by atoms with van der Waals surface area (Å²) in [6, 6.07) is 6.03. The summed E-state index contributed by atoms with van der Waals surface area (Å²) in [5, 5.41) is 2.68. The fraction of sp³-hybridized carbons (Fsp3) is 0.467. The third-order valence-electron chi connectivity index (χ3n) is 3.77. The van der Waals surface area contributed by atoms with Gasteiger partial charge in [0.2, 0.25) is 11.8 Å². The second kappa shape index (κ2) is 6.03. The number of carbonyl (C=O) groups is 2. The van der Waals surface area contributed by atoms with Crippen LogP contribution in [0.3, 0.4) is 0 Å². The van der Waals surface area contributed by atoms with Gasteiger partial charge in [0, 0.05) is 19.5 Å². The van der Waals surface area contributed by atoms with Crippen LogP contribution in [0.2, 0.25) is 0 Å². The molecule has 4 nitrogen and oxygen atoms in total. The quantitative estimate of drug-likeness (QED) is 0.914. The second-order valence-corrected chi connectivity index (χ2v) is 5.06. The number of amides is 2. The Labute approximate surface area is 118 Å².